The van der Waals surface area contributed by atoms with Gasteiger partial charge in [0.2, 0.25) is 10.0 Å². The van der Waals surface area contributed by atoms with Crippen molar-refractivity contribution in [2.45, 2.75) is 32.6 Å². The van der Waals surface area contributed by atoms with E-state index in [0.29, 0.717) is 19.5 Å². The van der Waals surface area contributed by atoms with Crippen LogP contribution in [-0.2, 0) is 10.0 Å². The Balaban J connectivity index is 0.00000484. The molecular weight excluding hydrogens is 429 g/mol. The third-order valence-corrected chi connectivity index (χ3v) is 4.21. The Hall–Kier alpha value is -0.130. The van der Waals surface area contributed by atoms with E-state index >= 15 is 0 Å². The van der Waals surface area contributed by atoms with Crippen LogP contribution >= 0.6 is 24.0 Å². The van der Waals surface area contributed by atoms with Crippen molar-refractivity contribution in [2.75, 3.05) is 52.1 Å². The van der Waals surface area contributed by atoms with Gasteiger partial charge >= 0.3 is 0 Å². The van der Waals surface area contributed by atoms with Crippen molar-refractivity contribution >= 4 is 40.0 Å². The van der Waals surface area contributed by atoms with Crippen molar-refractivity contribution < 1.29 is 8.42 Å². The molecule has 0 aliphatic carbocycles. The lowest BCUT2D eigenvalue weighted by Crippen LogP contribution is -2.42. The second-order valence-electron chi connectivity index (χ2n) is 5.61. The standard InChI is InChI=1S/C14H31N5O2S.HI/c1-3-15-14(16-8-7-9-18-22(2,20)21)17-10-13-19-11-5-4-6-12-19;/h18H,3-13H2,1-2H3,(H2,15,16,17);1H. The summed E-state index contributed by atoms with van der Waals surface area (Å²) < 4.78 is 24.4. The number of hydrogen-bond donors (Lipinski definition) is 3. The lowest BCUT2D eigenvalue weighted by molar-refractivity contribution is 0.232. The predicted octanol–water partition coefficient (Wildman–Crippen LogP) is 0.585. The van der Waals surface area contributed by atoms with Crippen LogP contribution in [0.1, 0.15) is 32.6 Å². The first kappa shape index (κ1) is 22.9. The number of guanidine groups is 1. The van der Waals surface area contributed by atoms with Crippen molar-refractivity contribution in [3.8, 4) is 0 Å². The average molecular weight is 461 g/mol. The highest BCUT2D eigenvalue weighted by Gasteiger charge is 2.09. The van der Waals surface area contributed by atoms with Gasteiger partial charge in [-0.05, 0) is 39.3 Å². The third-order valence-electron chi connectivity index (χ3n) is 3.48. The first-order valence-corrected chi connectivity index (χ1v) is 10.1. The molecule has 1 rings (SSSR count). The molecule has 0 unspecified atom stereocenters. The van der Waals surface area contributed by atoms with Crippen LogP contribution in [0.5, 0.6) is 0 Å². The van der Waals surface area contributed by atoms with Gasteiger partial charge < -0.3 is 15.5 Å². The Morgan fingerprint density at radius 3 is 2.43 bits per heavy atom. The fourth-order valence-electron chi connectivity index (χ4n) is 2.38. The summed E-state index contributed by atoms with van der Waals surface area (Å²) in [6.45, 7) is 8.20. The topological polar surface area (TPSA) is 85.8 Å². The van der Waals surface area contributed by atoms with Crippen molar-refractivity contribution in [3.63, 3.8) is 0 Å². The van der Waals surface area contributed by atoms with E-state index < -0.39 is 10.0 Å². The van der Waals surface area contributed by atoms with E-state index in [4.69, 9.17) is 0 Å². The monoisotopic (exact) mass is 461 g/mol. The molecule has 7 nitrogen and oxygen atoms in total. The Bertz CT molecular complexity index is 425. The van der Waals surface area contributed by atoms with Gasteiger partial charge in [-0.25, -0.2) is 13.1 Å². The van der Waals surface area contributed by atoms with Gasteiger partial charge in [-0.2, -0.15) is 0 Å². The van der Waals surface area contributed by atoms with E-state index in [-0.39, 0.29) is 24.0 Å². The minimum atomic E-state index is -3.10. The fourth-order valence-corrected chi connectivity index (χ4v) is 2.90. The molecule has 138 valence electrons. The van der Waals surface area contributed by atoms with Gasteiger partial charge in [-0.3, -0.25) is 4.99 Å². The molecule has 1 aliphatic rings. The van der Waals surface area contributed by atoms with Crippen molar-refractivity contribution in [2.24, 2.45) is 4.99 Å². The van der Waals surface area contributed by atoms with Crippen LogP contribution in [0.3, 0.4) is 0 Å². The van der Waals surface area contributed by atoms with Gasteiger partial charge in [-0.15, -0.1) is 24.0 Å². The number of nitrogens with zero attached hydrogens (tertiary/aromatic N) is 2. The van der Waals surface area contributed by atoms with E-state index in [0.717, 1.165) is 25.6 Å². The number of piperidine rings is 1. The van der Waals surface area contributed by atoms with E-state index in [2.05, 4.69) is 25.2 Å². The molecule has 9 heteroatoms. The predicted molar refractivity (Wildman–Crippen MR) is 107 cm³/mol. The molecule has 0 aromatic carbocycles. The molecule has 23 heavy (non-hydrogen) atoms. The second-order valence-corrected chi connectivity index (χ2v) is 7.44. The second kappa shape index (κ2) is 13.2. The summed E-state index contributed by atoms with van der Waals surface area (Å²) in [5.41, 5.74) is 0. The molecule has 1 fully saturated rings. The highest BCUT2D eigenvalue weighted by molar-refractivity contribution is 14.0. The Kier molecular flexibility index (Phi) is 13.1. The molecule has 0 aromatic heterocycles. The SMILES string of the molecule is CCNC(=NCCCNS(C)(=O)=O)NCCN1CCCCC1.I. The van der Waals surface area contributed by atoms with Crippen LogP contribution in [0.15, 0.2) is 4.99 Å². The zero-order valence-electron chi connectivity index (χ0n) is 14.3. The molecule has 0 aromatic rings. The summed E-state index contributed by atoms with van der Waals surface area (Å²) in [6.07, 6.45) is 5.83. The van der Waals surface area contributed by atoms with Gasteiger partial charge in [0.25, 0.3) is 0 Å². The normalized spacial score (nSPS) is 16.7. The minimum absolute atomic E-state index is 0. The number of hydrogen-bond acceptors (Lipinski definition) is 4. The summed E-state index contributed by atoms with van der Waals surface area (Å²) in [6, 6.07) is 0. The van der Waals surface area contributed by atoms with Crippen LogP contribution in [0, 0.1) is 0 Å². The van der Waals surface area contributed by atoms with Gasteiger partial charge in [0.05, 0.1) is 6.26 Å². The van der Waals surface area contributed by atoms with Crippen LogP contribution < -0.4 is 15.4 Å². The molecule has 1 heterocycles. The van der Waals surface area contributed by atoms with Crippen LogP contribution in [0.25, 0.3) is 0 Å². The maximum atomic E-state index is 10.9. The van der Waals surface area contributed by atoms with E-state index in [1.165, 1.54) is 38.6 Å². The van der Waals surface area contributed by atoms with Gasteiger partial charge in [0.1, 0.15) is 0 Å². The summed E-state index contributed by atoms with van der Waals surface area (Å²) in [5, 5.41) is 6.54. The lowest BCUT2D eigenvalue weighted by Gasteiger charge is -2.26. The van der Waals surface area contributed by atoms with Gasteiger partial charge in [0, 0.05) is 32.7 Å². The average Bonchev–Trinajstić information content (AvgIpc) is 2.47. The molecular formula is C14H32IN5O2S. The highest BCUT2D eigenvalue weighted by Crippen LogP contribution is 2.07. The van der Waals surface area contributed by atoms with Crippen molar-refractivity contribution in [1.29, 1.82) is 0 Å². The minimum Gasteiger partial charge on any atom is -0.357 e. The van der Waals surface area contributed by atoms with Crippen LogP contribution in [-0.4, -0.2) is 71.3 Å². The number of nitrogens with one attached hydrogen (secondary N) is 3. The first-order chi connectivity index (χ1) is 10.5. The molecule has 0 radical (unpaired) electrons. The zero-order chi connectivity index (χ0) is 16.3. The van der Waals surface area contributed by atoms with Crippen molar-refractivity contribution in [3.05, 3.63) is 0 Å². The first-order valence-electron chi connectivity index (χ1n) is 8.20. The maximum Gasteiger partial charge on any atom is 0.208 e. The summed E-state index contributed by atoms with van der Waals surface area (Å²) in [5.74, 6) is 0.805. The smallest absolute Gasteiger partial charge is 0.208 e. The van der Waals surface area contributed by atoms with Crippen molar-refractivity contribution in [1.82, 2.24) is 20.3 Å². The summed E-state index contributed by atoms with van der Waals surface area (Å²) >= 11 is 0. The molecule has 1 aliphatic heterocycles. The molecule has 0 spiro atoms. The number of aliphatic imine (C=N–C) groups is 1. The number of likely N-dealkylation sites (tertiary alicyclic amines) is 1. The third kappa shape index (κ3) is 12.9. The quantitative estimate of drug-likeness (QED) is 0.203. The summed E-state index contributed by atoms with van der Waals surface area (Å²) in [4.78, 5) is 6.94. The molecule has 0 bridgehead atoms. The van der Waals surface area contributed by atoms with E-state index in [1.54, 1.807) is 0 Å². The van der Waals surface area contributed by atoms with Crippen LogP contribution in [0.2, 0.25) is 0 Å². The highest BCUT2D eigenvalue weighted by atomic mass is 127. The van der Waals surface area contributed by atoms with E-state index in [9.17, 15) is 8.42 Å². The molecule has 0 saturated carbocycles. The molecule has 1 saturated heterocycles. The Morgan fingerprint density at radius 2 is 1.83 bits per heavy atom. The van der Waals surface area contributed by atoms with Crippen LogP contribution in [0.4, 0.5) is 0 Å². The van der Waals surface area contributed by atoms with Gasteiger partial charge in [-0.1, -0.05) is 6.42 Å². The molecule has 0 atom stereocenters. The maximum absolute atomic E-state index is 10.9. The number of halogens is 1. The number of rotatable bonds is 9. The largest absolute Gasteiger partial charge is 0.357 e. The fraction of sp³-hybridized carbons (Fsp3) is 0.929. The number of sulfonamides is 1. The van der Waals surface area contributed by atoms with Gasteiger partial charge in [0.15, 0.2) is 5.96 Å². The molecule has 0 amide bonds. The Labute approximate surface area is 158 Å². The molecule has 3 N–H and O–H groups in total. The lowest BCUT2D eigenvalue weighted by atomic mass is 10.1. The Morgan fingerprint density at radius 1 is 1.13 bits per heavy atom. The zero-order valence-corrected chi connectivity index (χ0v) is 17.5. The summed E-state index contributed by atoms with van der Waals surface area (Å²) in [7, 11) is -3.10. The van der Waals surface area contributed by atoms with E-state index in [1.807, 2.05) is 6.92 Å².